The van der Waals surface area contributed by atoms with Crippen LogP contribution in [0, 0.1) is 0 Å². The molecule has 94 valence electrons. The van der Waals surface area contributed by atoms with Gasteiger partial charge in [0, 0.05) is 12.7 Å². The van der Waals surface area contributed by atoms with Gasteiger partial charge in [0.05, 0.1) is 11.6 Å². The first kappa shape index (κ1) is 11.3. The topological polar surface area (TPSA) is 41.3 Å². The molecule has 1 saturated heterocycles. The van der Waals surface area contributed by atoms with Gasteiger partial charge in [0.1, 0.15) is 0 Å². The Kier molecular flexibility index (Phi) is 2.80. The zero-order chi connectivity index (χ0) is 12.5. The first-order valence-corrected chi connectivity index (χ1v) is 6.26. The molecule has 4 nitrogen and oxygen atoms in total. The summed E-state index contributed by atoms with van der Waals surface area (Å²) >= 11 is 0. The standard InChI is InChI=1S/C14H17N3O/c1-16-8-7-12(9-16)17-10-13(14(18)15-17)11-5-3-2-4-6-11/h2-6,10,12H,7-9H2,1H3,(H,15,18)/t12-/m0/s1. The zero-order valence-corrected chi connectivity index (χ0v) is 10.5. The van der Waals surface area contributed by atoms with Crippen molar-refractivity contribution in [3.8, 4) is 17.0 Å². The maximum absolute atomic E-state index is 9.97. The summed E-state index contributed by atoms with van der Waals surface area (Å²) in [5.41, 5.74) is 1.82. The molecule has 0 bridgehead atoms. The van der Waals surface area contributed by atoms with Crippen molar-refractivity contribution in [3.63, 3.8) is 0 Å². The average Bonchev–Trinajstić information content (AvgIpc) is 2.97. The highest BCUT2D eigenvalue weighted by atomic mass is 16.3. The van der Waals surface area contributed by atoms with Gasteiger partial charge in [-0.2, -0.15) is 0 Å². The molecule has 1 aromatic heterocycles. The number of likely N-dealkylation sites (tertiary alicyclic amines) is 1. The third-order valence-electron chi connectivity index (χ3n) is 3.54. The highest BCUT2D eigenvalue weighted by Gasteiger charge is 2.23. The quantitative estimate of drug-likeness (QED) is 0.878. The summed E-state index contributed by atoms with van der Waals surface area (Å²) in [6.07, 6.45) is 3.04. The lowest BCUT2D eigenvalue weighted by Crippen LogP contribution is -2.16. The predicted molar refractivity (Wildman–Crippen MR) is 70.5 cm³/mol. The SMILES string of the molecule is CN1CC[C@H](n2cc(-c3ccccc3)c(O)n2)C1. The molecular formula is C14H17N3O. The molecule has 2 aromatic rings. The van der Waals surface area contributed by atoms with Crippen LogP contribution >= 0.6 is 0 Å². The second-order valence-electron chi connectivity index (χ2n) is 4.92. The van der Waals surface area contributed by atoms with Gasteiger partial charge in [-0.05, 0) is 25.6 Å². The Balaban J connectivity index is 1.92. The van der Waals surface area contributed by atoms with Crippen LogP contribution in [0.15, 0.2) is 36.5 Å². The normalized spacial score (nSPS) is 20.4. The Bertz CT molecular complexity index is 535. The lowest BCUT2D eigenvalue weighted by molar-refractivity contribution is 0.372. The van der Waals surface area contributed by atoms with Gasteiger partial charge in [0.2, 0.25) is 5.88 Å². The minimum atomic E-state index is 0.121. The molecule has 0 amide bonds. The molecule has 1 aliphatic rings. The molecule has 1 atom stereocenters. The summed E-state index contributed by atoms with van der Waals surface area (Å²) in [6, 6.07) is 10.3. The van der Waals surface area contributed by atoms with Crippen LogP contribution < -0.4 is 0 Å². The fraction of sp³-hybridized carbons (Fsp3) is 0.357. The van der Waals surface area contributed by atoms with Crippen LogP contribution in [0.2, 0.25) is 0 Å². The van der Waals surface area contributed by atoms with E-state index >= 15 is 0 Å². The van der Waals surface area contributed by atoms with Crippen molar-refractivity contribution in [2.45, 2.75) is 12.5 Å². The number of benzene rings is 1. The van der Waals surface area contributed by atoms with Gasteiger partial charge in [0.15, 0.2) is 0 Å². The number of aromatic hydroxyl groups is 1. The molecule has 0 saturated carbocycles. The maximum atomic E-state index is 9.97. The number of nitrogens with zero attached hydrogens (tertiary/aromatic N) is 3. The van der Waals surface area contributed by atoms with E-state index in [1.807, 2.05) is 41.2 Å². The van der Waals surface area contributed by atoms with Crippen molar-refractivity contribution < 1.29 is 5.11 Å². The molecule has 0 unspecified atom stereocenters. The molecule has 1 fully saturated rings. The van der Waals surface area contributed by atoms with Crippen LogP contribution in [-0.4, -0.2) is 39.9 Å². The monoisotopic (exact) mass is 243 g/mol. The fourth-order valence-corrected chi connectivity index (χ4v) is 2.52. The van der Waals surface area contributed by atoms with Gasteiger partial charge in [-0.15, -0.1) is 5.10 Å². The number of hydrogen-bond acceptors (Lipinski definition) is 3. The van der Waals surface area contributed by atoms with E-state index in [1.165, 1.54) is 0 Å². The molecule has 1 aromatic carbocycles. The van der Waals surface area contributed by atoms with Crippen molar-refractivity contribution >= 4 is 0 Å². The highest BCUT2D eigenvalue weighted by molar-refractivity contribution is 5.67. The van der Waals surface area contributed by atoms with Gasteiger partial charge in [-0.1, -0.05) is 30.3 Å². The predicted octanol–water partition coefficient (Wildman–Crippen LogP) is 2.13. The van der Waals surface area contributed by atoms with Crippen molar-refractivity contribution in [1.82, 2.24) is 14.7 Å². The van der Waals surface area contributed by atoms with Crippen molar-refractivity contribution in [3.05, 3.63) is 36.5 Å². The fourth-order valence-electron chi connectivity index (χ4n) is 2.52. The lowest BCUT2D eigenvalue weighted by atomic mass is 10.1. The minimum Gasteiger partial charge on any atom is -0.492 e. The zero-order valence-electron chi connectivity index (χ0n) is 10.5. The van der Waals surface area contributed by atoms with Crippen molar-refractivity contribution in [2.75, 3.05) is 20.1 Å². The molecule has 0 spiro atoms. The minimum absolute atomic E-state index is 0.121. The van der Waals surface area contributed by atoms with Crippen LogP contribution in [-0.2, 0) is 0 Å². The van der Waals surface area contributed by atoms with E-state index in [0.29, 0.717) is 6.04 Å². The number of aromatic nitrogens is 2. The molecule has 1 aliphatic heterocycles. The van der Waals surface area contributed by atoms with Gasteiger partial charge in [-0.3, -0.25) is 4.68 Å². The molecule has 0 aliphatic carbocycles. The van der Waals surface area contributed by atoms with Crippen molar-refractivity contribution in [2.24, 2.45) is 0 Å². The number of hydrogen-bond donors (Lipinski definition) is 1. The third kappa shape index (κ3) is 1.99. The van der Waals surface area contributed by atoms with Crippen LogP contribution in [0.5, 0.6) is 5.88 Å². The van der Waals surface area contributed by atoms with Gasteiger partial charge < -0.3 is 10.0 Å². The molecule has 4 heteroatoms. The summed E-state index contributed by atoms with van der Waals surface area (Å²) in [7, 11) is 2.11. The Labute approximate surface area is 106 Å². The van der Waals surface area contributed by atoms with Crippen molar-refractivity contribution in [1.29, 1.82) is 0 Å². The Hall–Kier alpha value is -1.81. The van der Waals surface area contributed by atoms with Gasteiger partial charge >= 0.3 is 0 Å². The Morgan fingerprint density at radius 3 is 2.72 bits per heavy atom. The second kappa shape index (κ2) is 4.46. The summed E-state index contributed by atoms with van der Waals surface area (Å²) in [6.45, 7) is 2.08. The third-order valence-corrected chi connectivity index (χ3v) is 3.54. The molecular weight excluding hydrogens is 226 g/mol. The van der Waals surface area contributed by atoms with E-state index < -0.39 is 0 Å². The van der Waals surface area contributed by atoms with E-state index in [0.717, 1.165) is 30.6 Å². The largest absolute Gasteiger partial charge is 0.492 e. The van der Waals surface area contributed by atoms with Gasteiger partial charge in [0.25, 0.3) is 0 Å². The van der Waals surface area contributed by atoms with E-state index in [1.54, 1.807) is 0 Å². The summed E-state index contributed by atoms with van der Waals surface area (Å²) in [5, 5.41) is 14.2. The average molecular weight is 243 g/mol. The summed E-state index contributed by atoms with van der Waals surface area (Å²) in [5.74, 6) is 0.121. The first-order valence-electron chi connectivity index (χ1n) is 6.26. The Morgan fingerprint density at radius 1 is 1.28 bits per heavy atom. The van der Waals surface area contributed by atoms with E-state index in [-0.39, 0.29) is 5.88 Å². The van der Waals surface area contributed by atoms with E-state index in [2.05, 4.69) is 17.0 Å². The molecule has 18 heavy (non-hydrogen) atoms. The Morgan fingerprint density at radius 2 is 2.06 bits per heavy atom. The first-order chi connectivity index (χ1) is 8.74. The molecule has 1 N–H and O–H groups in total. The molecule has 2 heterocycles. The number of rotatable bonds is 2. The van der Waals surface area contributed by atoms with E-state index in [4.69, 9.17) is 0 Å². The van der Waals surface area contributed by atoms with Crippen LogP contribution in [0.25, 0.3) is 11.1 Å². The van der Waals surface area contributed by atoms with Crippen LogP contribution in [0.4, 0.5) is 0 Å². The summed E-state index contributed by atoms with van der Waals surface area (Å²) < 4.78 is 1.90. The number of likely N-dealkylation sites (N-methyl/N-ethyl adjacent to an activating group) is 1. The summed E-state index contributed by atoms with van der Waals surface area (Å²) in [4.78, 5) is 2.28. The molecule has 3 rings (SSSR count). The maximum Gasteiger partial charge on any atom is 0.238 e. The van der Waals surface area contributed by atoms with E-state index in [9.17, 15) is 5.11 Å². The highest BCUT2D eigenvalue weighted by Crippen LogP contribution is 2.30. The molecule has 0 radical (unpaired) electrons. The van der Waals surface area contributed by atoms with Gasteiger partial charge in [-0.25, -0.2) is 0 Å². The lowest BCUT2D eigenvalue weighted by Gasteiger charge is -2.10. The second-order valence-corrected chi connectivity index (χ2v) is 4.92. The van der Waals surface area contributed by atoms with Crippen LogP contribution in [0.1, 0.15) is 12.5 Å². The van der Waals surface area contributed by atoms with Crippen LogP contribution in [0.3, 0.4) is 0 Å². The smallest absolute Gasteiger partial charge is 0.238 e.